The van der Waals surface area contributed by atoms with Crippen LogP contribution in [0.25, 0.3) is 0 Å². The fourth-order valence-corrected chi connectivity index (χ4v) is 7.88. The maximum atomic E-state index is 14.4. The van der Waals surface area contributed by atoms with Crippen molar-refractivity contribution in [3.05, 3.63) is 125 Å². The molecule has 0 aliphatic heterocycles. The first-order valence-electron chi connectivity index (χ1n) is 14.0. The number of anilines is 1. The minimum absolute atomic E-state index is 0.262. The molecule has 1 aliphatic rings. The minimum Gasteiger partial charge on any atom is -0.349 e. The van der Waals surface area contributed by atoms with Crippen LogP contribution >= 0.6 is 0 Å². The van der Waals surface area contributed by atoms with Crippen LogP contribution in [0.1, 0.15) is 29.5 Å². The zero-order chi connectivity index (χ0) is 35.1. The van der Waals surface area contributed by atoms with E-state index in [2.05, 4.69) is 15.0 Å². The van der Waals surface area contributed by atoms with Gasteiger partial charge in [0.05, 0.1) is 11.5 Å². The quantitative estimate of drug-likeness (QED) is 0.143. The van der Waals surface area contributed by atoms with E-state index in [0.717, 1.165) is 42.5 Å². The van der Waals surface area contributed by atoms with Crippen LogP contribution in [0, 0.1) is 23.4 Å². The summed E-state index contributed by atoms with van der Waals surface area (Å²) in [6, 6.07) is 10.8. The summed E-state index contributed by atoms with van der Waals surface area (Å²) in [5.74, 6) is -5.23. The van der Waals surface area contributed by atoms with Gasteiger partial charge in [0, 0.05) is 35.1 Å². The van der Waals surface area contributed by atoms with Gasteiger partial charge in [-0.05, 0) is 66.9 Å². The number of rotatable bonds is 9. The van der Waals surface area contributed by atoms with Crippen molar-refractivity contribution >= 4 is 21.4 Å². The largest absolute Gasteiger partial charge is 0.430 e. The van der Waals surface area contributed by atoms with E-state index in [1.807, 2.05) is 0 Å². The van der Waals surface area contributed by atoms with Gasteiger partial charge in [0.25, 0.3) is 5.60 Å². The number of aromatic nitrogens is 1. The second-order valence-corrected chi connectivity index (χ2v) is 13.3. The number of pyridine rings is 1. The molecule has 1 N–H and O–H groups in total. The monoisotopic (exact) mass is 702 g/mol. The number of alkyl halides is 6. The molecular formula is C32H23F9N2O4S. The highest BCUT2D eigenvalue weighted by Crippen LogP contribution is 2.56. The summed E-state index contributed by atoms with van der Waals surface area (Å²) >= 11 is 0. The molecule has 254 valence electrons. The van der Waals surface area contributed by atoms with Crippen molar-refractivity contribution in [2.24, 2.45) is 5.92 Å². The number of sulfone groups is 1. The molecule has 1 aliphatic carbocycles. The van der Waals surface area contributed by atoms with E-state index in [4.69, 9.17) is 0 Å². The average molecular weight is 703 g/mol. The third-order valence-electron chi connectivity index (χ3n) is 8.22. The van der Waals surface area contributed by atoms with E-state index in [1.54, 1.807) is 0 Å². The fourth-order valence-electron chi connectivity index (χ4n) is 5.65. The minimum atomic E-state index is -6.22. The zero-order valence-electron chi connectivity index (χ0n) is 24.2. The lowest BCUT2D eigenvalue weighted by Gasteiger charge is -2.46. The van der Waals surface area contributed by atoms with Crippen LogP contribution in [-0.2, 0) is 36.3 Å². The van der Waals surface area contributed by atoms with Gasteiger partial charge in [-0.25, -0.2) is 21.6 Å². The molecule has 1 aromatic heterocycles. The van der Waals surface area contributed by atoms with Crippen LogP contribution in [0.15, 0.2) is 96.2 Å². The number of carbonyl (C=O) groups excluding carboxylic acids is 1. The highest BCUT2D eigenvalue weighted by molar-refractivity contribution is 7.92. The molecule has 5 rings (SSSR count). The van der Waals surface area contributed by atoms with Crippen LogP contribution < -0.4 is 5.32 Å². The van der Waals surface area contributed by atoms with Crippen LogP contribution in [0.2, 0.25) is 0 Å². The summed E-state index contributed by atoms with van der Waals surface area (Å²) in [6.07, 6.45) is -10.5. The van der Waals surface area contributed by atoms with Crippen molar-refractivity contribution < 1.29 is 57.5 Å². The second kappa shape index (κ2) is 12.5. The van der Waals surface area contributed by atoms with E-state index >= 15 is 0 Å². The molecule has 0 atom stereocenters. The number of nitrogens with zero attached hydrogens (tertiary/aromatic N) is 1. The van der Waals surface area contributed by atoms with E-state index in [1.165, 1.54) is 24.5 Å². The van der Waals surface area contributed by atoms with Crippen LogP contribution in [0.4, 0.5) is 45.2 Å². The molecule has 16 heteroatoms. The Morgan fingerprint density at radius 1 is 0.812 bits per heavy atom. The molecule has 1 saturated carbocycles. The lowest BCUT2D eigenvalue weighted by Crippen LogP contribution is -2.56. The molecule has 3 aromatic carbocycles. The number of benzene rings is 3. The summed E-state index contributed by atoms with van der Waals surface area (Å²) < 4.78 is 159. The maximum absolute atomic E-state index is 14.4. The van der Waals surface area contributed by atoms with Gasteiger partial charge in [-0.1, -0.05) is 30.3 Å². The Morgan fingerprint density at radius 2 is 1.35 bits per heavy atom. The van der Waals surface area contributed by atoms with Crippen molar-refractivity contribution in [3.8, 4) is 0 Å². The summed E-state index contributed by atoms with van der Waals surface area (Å²) in [4.78, 5) is 16.4. The van der Waals surface area contributed by atoms with Gasteiger partial charge in [-0.2, -0.15) is 26.3 Å². The maximum Gasteiger partial charge on any atom is 0.430 e. The highest BCUT2D eigenvalue weighted by Gasteiger charge is 2.73. The molecule has 0 unspecified atom stereocenters. The Morgan fingerprint density at radius 3 is 1.88 bits per heavy atom. The average Bonchev–Trinajstić information content (AvgIpc) is 2.98. The SMILES string of the molecule is O=C(Nc1ccncc1)C1CC(c2ccc(C(OCc3c(F)cccc3F)(C(F)(F)F)C(F)(F)F)cc2)(S(=O)(=O)c2ccc(F)cc2)C1. The molecule has 0 radical (unpaired) electrons. The van der Waals surface area contributed by atoms with Gasteiger partial charge in [-0.3, -0.25) is 9.78 Å². The molecule has 6 nitrogen and oxygen atoms in total. The molecule has 0 bridgehead atoms. The van der Waals surface area contributed by atoms with Gasteiger partial charge < -0.3 is 10.1 Å². The van der Waals surface area contributed by atoms with Gasteiger partial charge in [0.15, 0.2) is 9.84 Å². The second-order valence-electron chi connectivity index (χ2n) is 11.0. The van der Waals surface area contributed by atoms with Crippen LogP contribution in [0.3, 0.4) is 0 Å². The molecular weight excluding hydrogens is 679 g/mol. The van der Waals surface area contributed by atoms with E-state index in [0.29, 0.717) is 30.0 Å². The molecule has 1 heterocycles. The molecule has 0 saturated heterocycles. The van der Waals surface area contributed by atoms with E-state index in [-0.39, 0.29) is 5.56 Å². The number of carbonyl (C=O) groups is 1. The first-order valence-corrected chi connectivity index (χ1v) is 15.4. The van der Waals surface area contributed by atoms with Crippen molar-refractivity contribution in [1.29, 1.82) is 0 Å². The standard InChI is InChI=1S/C32H23F9N2O4S/c33-22-8-10-24(11-9-22)48(45,46)29(16-19(17-29)28(44)43-23-12-14-42-15-13-23)20-4-6-21(7-5-20)30(31(36,37)38,32(39,40)41)47-18-25-26(34)2-1-3-27(25)35/h1-15,19H,16-18H2,(H,42,43,44). The third-order valence-corrected chi connectivity index (χ3v) is 10.7. The Kier molecular flexibility index (Phi) is 9.11. The molecule has 48 heavy (non-hydrogen) atoms. The van der Waals surface area contributed by atoms with Crippen molar-refractivity contribution in [2.45, 2.75) is 47.0 Å². The number of ether oxygens (including phenoxy) is 1. The number of hydrogen-bond acceptors (Lipinski definition) is 5. The first kappa shape index (κ1) is 34.9. The topological polar surface area (TPSA) is 85.4 Å². The van der Waals surface area contributed by atoms with Crippen LogP contribution in [0.5, 0.6) is 0 Å². The lowest BCUT2D eigenvalue weighted by atomic mass is 9.69. The van der Waals surface area contributed by atoms with Crippen molar-refractivity contribution in [2.75, 3.05) is 5.32 Å². The Hall–Kier alpha value is -4.44. The number of amides is 1. The van der Waals surface area contributed by atoms with Crippen molar-refractivity contribution in [1.82, 2.24) is 4.98 Å². The summed E-state index contributed by atoms with van der Waals surface area (Å²) in [6.45, 7) is -1.77. The Balaban J connectivity index is 1.56. The van der Waals surface area contributed by atoms with E-state index in [9.17, 15) is 52.7 Å². The predicted molar refractivity (Wildman–Crippen MR) is 152 cm³/mol. The molecule has 1 fully saturated rings. The van der Waals surface area contributed by atoms with Crippen LogP contribution in [-0.4, -0.2) is 31.7 Å². The summed E-state index contributed by atoms with van der Waals surface area (Å²) in [5.41, 5.74) is -7.75. The summed E-state index contributed by atoms with van der Waals surface area (Å²) in [7, 11) is -4.55. The smallest absolute Gasteiger partial charge is 0.349 e. The van der Waals surface area contributed by atoms with Gasteiger partial charge in [-0.15, -0.1) is 0 Å². The molecule has 1 amide bonds. The van der Waals surface area contributed by atoms with Gasteiger partial charge >= 0.3 is 12.4 Å². The predicted octanol–water partition coefficient (Wildman–Crippen LogP) is 7.75. The first-order chi connectivity index (χ1) is 22.4. The molecule has 4 aromatic rings. The Bertz CT molecular complexity index is 1860. The highest BCUT2D eigenvalue weighted by atomic mass is 32.2. The van der Waals surface area contributed by atoms with Gasteiger partial charge in [0.1, 0.15) is 22.2 Å². The van der Waals surface area contributed by atoms with Crippen molar-refractivity contribution in [3.63, 3.8) is 0 Å². The zero-order valence-corrected chi connectivity index (χ0v) is 25.1. The summed E-state index contributed by atoms with van der Waals surface area (Å²) in [5, 5.41) is 2.59. The molecule has 0 spiro atoms. The normalized spacial score (nSPS) is 18.6. The number of nitrogens with one attached hydrogen (secondary N) is 1. The van der Waals surface area contributed by atoms with Gasteiger partial charge in [0.2, 0.25) is 5.91 Å². The number of hydrogen-bond donors (Lipinski definition) is 1. The fraction of sp³-hybridized carbons (Fsp3) is 0.250. The Labute approximate surface area is 267 Å². The van der Waals surface area contributed by atoms with E-state index < -0.39 is 97.3 Å². The lowest BCUT2D eigenvalue weighted by molar-refractivity contribution is -0.392. The number of halogens is 9. The third kappa shape index (κ3) is 6.02.